The van der Waals surface area contributed by atoms with Gasteiger partial charge in [-0.3, -0.25) is 20.6 Å². The number of pyridine rings is 1. The van der Waals surface area contributed by atoms with Crippen LogP contribution < -0.4 is 16.2 Å². The molecule has 21 heavy (non-hydrogen) atoms. The van der Waals surface area contributed by atoms with Gasteiger partial charge in [0, 0.05) is 18.9 Å². The predicted molar refractivity (Wildman–Crippen MR) is 85.6 cm³/mol. The van der Waals surface area contributed by atoms with E-state index in [1.54, 1.807) is 18.3 Å². The van der Waals surface area contributed by atoms with E-state index >= 15 is 0 Å². The Labute approximate surface area is 128 Å². The van der Waals surface area contributed by atoms with Crippen molar-refractivity contribution < 1.29 is 4.79 Å². The highest BCUT2D eigenvalue weighted by Crippen LogP contribution is 1.98. The van der Waals surface area contributed by atoms with E-state index in [9.17, 15) is 4.79 Å². The Hall–Kier alpha value is -2.47. The number of hydrazine groups is 1. The van der Waals surface area contributed by atoms with Gasteiger partial charge in [0.05, 0.1) is 5.56 Å². The van der Waals surface area contributed by atoms with E-state index in [1.807, 2.05) is 18.2 Å². The molecule has 1 aromatic heterocycles. The first kappa shape index (κ1) is 14.9. The third kappa shape index (κ3) is 5.19. The van der Waals surface area contributed by atoms with Crippen LogP contribution in [0.2, 0.25) is 0 Å². The van der Waals surface area contributed by atoms with Gasteiger partial charge >= 0.3 is 0 Å². The molecule has 6 heteroatoms. The van der Waals surface area contributed by atoms with Gasteiger partial charge < -0.3 is 5.32 Å². The fourth-order valence-electron chi connectivity index (χ4n) is 1.69. The van der Waals surface area contributed by atoms with Crippen LogP contribution in [0.4, 0.5) is 0 Å². The van der Waals surface area contributed by atoms with Crippen molar-refractivity contribution in [3.05, 3.63) is 66.0 Å². The number of carbonyl (C=O) groups excluding carboxylic acids is 1. The number of hydrogen-bond donors (Lipinski definition) is 3. The third-order valence-corrected chi connectivity index (χ3v) is 3.00. The number of nitrogens with one attached hydrogen (secondary N) is 3. The predicted octanol–water partition coefficient (Wildman–Crippen LogP) is 1.43. The molecule has 0 atom stereocenters. The molecule has 1 heterocycles. The lowest BCUT2D eigenvalue weighted by atomic mass is 10.1. The van der Waals surface area contributed by atoms with E-state index in [1.165, 1.54) is 11.8 Å². The topological polar surface area (TPSA) is 66.1 Å². The molecule has 0 aliphatic rings. The number of aromatic nitrogens is 1. The first-order valence-electron chi connectivity index (χ1n) is 6.54. The van der Waals surface area contributed by atoms with Gasteiger partial charge in [0.25, 0.3) is 5.91 Å². The maximum Gasteiger partial charge on any atom is 0.271 e. The Bertz CT molecular complexity index is 589. The number of carbonyl (C=O) groups is 1. The molecule has 0 radical (unpaired) electrons. The molecule has 0 saturated carbocycles. The van der Waals surface area contributed by atoms with Gasteiger partial charge in [0.2, 0.25) is 0 Å². The first-order valence-corrected chi connectivity index (χ1v) is 6.94. The standard InChI is InChI=1S/C15H16N4OS/c20-14(13-7-4-9-16-11-13)18-19-15(21)17-10-8-12-5-2-1-3-6-12/h1-7,9,11H,8,10H2,(H,18,20)(H2,17,19,21). The molecule has 2 rings (SSSR count). The van der Waals surface area contributed by atoms with Gasteiger partial charge in [-0.05, 0) is 36.3 Å². The minimum Gasteiger partial charge on any atom is -0.361 e. The Morgan fingerprint density at radius 2 is 1.90 bits per heavy atom. The van der Waals surface area contributed by atoms with Crippen LogP contribution in [0.3, 0.4) is 0 Å². The average Bonchev–Trinajstić information content (AvgIpc) is 2.54. The van der Waals surface area contributed by atoms with Crippen LogP contribution in [0, 0.1) is 0 Å². The van der Waals surface area contributed by atoms with Crippen LogP contribution in [0.5, 0.6) is 0 Å². The number of rotatable bonds is 4. The molecule has 108 valence electrons. The summed E-state index contributed by atoms with van der Waals surface area (Å²) in [7, 11) is 0. The number of thiocarbonyl (C=S) groups is 1. The highest BCUT2D eigenvalue weighted by molar-refractivity contribution is 7.80. The SMILES string of the molecule is O=C(NNC(=S)NCCc1ccccc1)c1cccnc1. The molecule has 0 spiro atoms. The van der Waals surface area contributed by atoms with E-state index in [-0.39, 0.29) is 5.91 Å². The molecule has 1 aromatic carbocycles. The van der Waals surface area contributed by atoms with Gasteiger partial charge in [-0.15, -0.1) is 0 Å². The summed E-state index contributed by atoms with van der Waals surface area (Å²) in [5.41, 5.74) is 6.87. The van der Waals surface area contributed by atoms with Crippen LogP contribution in [0.1, 0.15) is 15.9 Å². The molecule has 5 nitrogen and oxygen atoms in total. The van der Waals surface area contributed by atoms with Crippen molar-refractivity contribution in [1.29, 1.82) is 0 Å². The van der Waals surface area contributed by atoms with Crippen LogP contribution in [0.25, 0.3) is 0 Å². The molecule has 3 N–H and O–H groups in total. The first-order chi connectivity index (χ1) is 10.3. The second-order valence-electron chi connectivity index (χ2n) is 4.31. The Morgan fingerprint density at radius 3 is 2.62 bits per heavy atom. The van der Waals surface area contributed by atoms with E-state index < -0.39 is 0 Å². The summed E-state index contributed by atoms with van der Waals surface area (Å²) in [5.74, 6) is -0.282. The van der Waals surface area contributed by atoms with Crippen LogP contribution >= 0.6 is 12.2 Å². The van der Waals surface area contributed by atoms with Crippen LogP contribution in [0.15, 0.2) is 54.9 Å². The van der Waals surface area contributed by atoms with Crippen molar-refractivity contribution in [3.63, 3.8) is 0 Å². The lowest BCUT2D eigenvalue weighted by Gasteiger charge is -2.11. The van der Waals surface area contributed by atoms with Crippen LogP contribution in [-0.2, 0) is 6.42 Å². The van der Waals surface area contributed by atoms with E-state index in [4.69, 9.17) is 12.2 Å². The molecule has 0 saturated heterocycles. The summed E-state index contributed by atoms with van der Waals surface area (Å²) in [5, 5.41) is 3.41. The fourth-order valence-corrected chi connectivity index (χ4v) is 1.85. The fraction of sp³-hybridized carbons (Fsp3) is 0.133. The van der Waals surface area contributed by atoms with Crippen molar-refractivity contribution in [3.8, 4) is 0 Å². The van der Waals surface area contributed by atoms with E-state index in [0.717, 1.165) is 6.42 Å². The summed E-state index contributed by atoms with van der Waals surface area (Å²) in [6.07, 6.45) is 3.96. The van der Waals surface area contributed by atoms with Crippen molar-refractivity contribution in [1.82, 2.24) is 21.2 Å². The highest BCUT2D eigenvalue weighted by Gasteiger charge is 2.04. The highest BCUT2D eigenvalue weighted by atomic mass is 32.1. The summed E-state index contributed by atoms with van der Waals surface area (Å²) in [4.78, 5) is 15.6. The van der Waals surface area contributed by atoms with Crippen molar-refractivity contribution in [2.45, 2.75) is 6.42 Å². The van der Waals surface area contributed by atoms with Gasteiger partial charge in [-0.1, -0.05) is 30.3 Å². The quantitative estimate of drug-likeness (QED) is 0.589. The molecule has 0 bridgehead atoms. The van der Waals surface area contributed by atoms with Gasteiger partial charge in [0.1, 0.15) is 0 Å². The average molecular weight is 300 g/mol. The van der Waals surface area contributed by atoms with Crippen LogP contribution in [-0.4, -0.2) is 22.5 Å². The second kappa shape index (κ2) is 7.96. The summed E-state index contributed by atoms with van der Waals surface area (Å²) >= 11 is 5.09. The number of amides is 1. The van der Waals surface area contributed by atoms with Gasteiger partial charge in [-0.25, -0.2) is 0 Å². The minimum absolute atomic E-state index is 0.282. The smallest absolute Gasteiger partial charge is 0.271 e. The zero-order valence-electron chi connectivity index (χ0n) is 11.4. The zero-order valence-corrected chi connectivity index (χ0v) is 12.2. The maximum atomic E-state index is 11.7. The maximum absolute atomic E-state index is 11.7. The summed E-state index contributed by atoms with van der Waals surface area (Å²) < 4.78 is 0. The molecule has 1 amide bonds. The lowest BCUT2D eigenvalue weighted by molar-refractivity contribution is 0.0943. The summed E-state index contributed by atoms with van der Waals surface area (Å²) in [6.45, 7) is 0.693. The Kier molecular flexibility index (Phi) is 5.66. The molecular weight excluding hydrogens is 284 g/mol. The normalized spacial score (nSPS) is 9.71. The monoisotopic (exact) mass is 300 g/mol. The zero-order chi connectivity index (χ0) is 14.9. The Morgan fingerprint density at radius 1 is 1.10 bits per heavy atom. The van der Waals surface area contributed by atoms with E-state index in [2.05, 4.69) is 33.3 Å². The van der Waals surface area contributed by atoms with Crippen molar-refractivity contribution in [2.24, 2.45) is 0 Å². The number of nitrogens with zero attached hydrogens (tertiary/aromatic N) is 1. The molecule has 0 aliphatic heterocycles. The summed E-state index contributed by atoms with van der Waals surface area (Å²) in [6, 6.07) is 13.5. The molecule has 2 aromatic rings. The lowest BCUT2D eigenvalue weighted by Crippen LogP contribution is -2.47. The number of benzene rings is 1. The number of hydrogen-bond acceptors (Lipinski definition) is 3. The van der Waals surface area contributed by atoms with Gasteiger partial charge in [-0.2, -0.15) is 0 Å². The van der Waals surface area contributed by atoms with E-state index in [0.29, 0.717) is 17.2 Å². The van der Waals surface area contributed by atoms with Crippen molar-refractivity contribution >= 4 is 23.2 Å². The second-order valence-corrected chi connectivity index (χ2v) is 4.72. The van der Waals surface area contributed by atoms with Gasteiger partial charge in [0.15, 0.2) is 5.11 Å². The molecular formula is C15H16N4OS. The minimum atomic E-state index is -0.282. The van der Waals surface area contributed by atoms with Crippen molar-refractivity contribution in [2.75, 3.05) is 6.54 Å². The molecule has 0 fully saturated rings. The molecule has 0 aliphatic carbocycles. The third-order valence-electron chi connectivity index (χ3n) is 2.76. The molecule has 0 unspecified atom stereocenters. The Balaban J connectivity index is 1.67. The largest absolute Gasteiger partial charge is 0.361 e.